The number of furan rings is 1. The van der Waals surface area contributed by atoms with Crippen LogP contribution in [0.4, 0.5) is 0 Å². The molecule has 1 aliphatic heterocycles. The molecule has 1 fully saturated rings. The fourth-order valence-corrected chi connectivity index (χ4v) is 1.41. The molecule has 1 unspecified atom stereocenters. The molecular weight excluding hydrogens is 208 g/mol. The predicted octanol–water partition coefficient (Wildman–Crippen LogP) is 1.30. The highest BCUT2D eigenvalue weighted by Gasteiger charge is 2.23. The van der Waals surface area contributed by atoms with Crippen molar-refractivity contribution in [3.63, 3.8) is 0 Å². The van der Waals surface area contributed by atoms with Gasteiger partial charge in [-0.2, -0.15) is 0 Å². The van der Waals surface area contributed by atoms with Crippen molar-refractivity contribution < 1.29 is 13.9 Å². The Morgan fingerprint density at radius 2 is 2.44 bits per heavy atom. The largest absolute Gasteiger partial charge is 0.474 e. The first kappa shape index (κ1) is 9.47. The predicted molar refractivity (Wildman–Crippen MR) is 55.3 cm³/mol. The minimum absolute atomic E-state index is 0.259. The van der Waals surface area contributed by atoms with Crippen LogP contribution in [0.2, 0.25) is 0 Å². The summed E-state index contributed by atoms with van der Waals surface area (Å²) in [6, 6.07) is 5.62. The van der Waals surface area contributed by atoms with Crippen LogP contribution < -0.4 is 4.74 Å². The van der Waals surface area contributed by atoms with Gasteiger partial charge in [0.25, 0.3) is 0 Å². The highest BCUT2D eigenvalue weighted by atomic mass is 16.6. The van der Waals surface area contributed by atoms with E-state index in [4.69, 9.17) is 13.9 Å². The van der Waals surface area contributed by atoms with Crippen LogP contribution in [-0.4, -0.2) is 29.1 Å². The zero-order valence-corrected chi connectivity index (χ0v) is 8.70. The van der Waals surface area contributed by atoms with E-state index in [0.717, 1.165) is 12.4 Å². The Bertz CT molecular complexity index is 446. The van der Waals surface area contributed by atoms with Crippen LogP contribution >= 0.6 is 0 Å². The highest BCUT2D eigenvalue weighted by molar-refractivity contribution is 5.07. The summed E-state index contributed by atoms with van der Waals surface area (Å²) >= 11 is 0. The molecule has 0 aromatic carbocycles. The monoisotopic (exact) mass is 220 g/mol. The quantitative estimate of drug-likeness (QED) is 0.713. The van der Waals surface area contributed by atoms with E-state index in [9.17, 15) is 0 Å². The molecule has 1 saturated heterocycles. The lowest BCUT2D eigenvalue weighted by molar-refractivity contribution is 0.253. The summed E-state index contributed by atoms with van der Waals surface area (Å²) < 4.78 is 17.5. The first-order chi connectivity index (χ1) is 7.90. The molecule has 0 bridgehead atoms. The maximum absolute atomic E-state index is 5.44. The SMILES string of the molecule is c1coc(Cn2ccc(OCC3CO3)n2)c1. The van der Waals surface area contributed by atoms with Gasteiger partial charge in [-0.15, -0.1) is 5.10 Å². The fraction of sp³-hybridized carbons (Fsp3) is 0.364. The Hall–Kier alpha value is -1.75. The van der Waals surface area contributed by atoms with E-state index in [1.54, 1.807) is 10.9 Å². The van der Waals surface area contributed by atoms with Gasteiger partial charge in [-0.25, -0.2) is 0 Å². The van der Waals surface area contributed by atoms with E-state index in [1.807, 2.05) is 24.4 Å². The fourth-order valence-electron chi connectivity index (χ4n) is 1.41. The Morgan fingerprint density at radius 1 is 1.50 bits per heavy atom. The number of hydrogen-bond donors (Lipinski definition) is 0. The second kappa shape index (κ2) is 4.02. The summed E-state index contributed by atoms with van der Waals surface area (Å²) in [5.74, 6) is 1.50. The number of hydrogen-bond acceptors (Lipinski definition) is 4. The van der Waals surface area contributed by atoms with Crippen LogP contribution in [0.25, 0.3) is 0 Å². The van der Waals surface area contributed by atoms with E-state index in [2.05, 4.69) is 5.10 Å². The normalized spacial score (nSPS) is 18.6. The van der Waals surface area contributed by atoms with E-state index in [1.165, 1.54) is 0 Å². The smallest absolute Gasteiger partial charge is 0.232 e. The Labute approximate surface area is 92.6 Å². The Morgan fingerprint density at radius 3 is 3.19 bits per heavy atom. The van der Waals surface area contributed by atoms with Gasteiger partial charge >= 0.3 is 0 Å². The van der Waals surface area contributed by atoms with Crippen molar-refractivity contribution in [3.8, 4) is 5.88 Å². The minimum atomic E-state index is 0.259. The van der Waals surface area contributed by atoms with Gasteiger partial charge in [0.2, 0.25) is 5.88 Å². The molecule has 5 nitrogen and oxygen atoms in total. The summed E-state index contributed by atoms with van der Waals surface area (Å²) in [5.41, 5.74) is 0. The summed E-state index contributed by atoms with van der Waals surface area (Å²) in [6.07, 6.45) is 3.78. The Kier molecular flexibility index (Phi) is 2.38. The van der Waals surface area contributed by atoms with Crippen LogP contribution in [0.3, 0.4) is 0 Å². The highest BCUT2D eigenvalue weighted by Crippen LogP contribution is 2.13. The molecular formula is C11H12N2O3. The molecule has 0 radical (unpaired) electrons. The number of rotatable bonds is 5. The third-order valence-corrected chi connectivity index (χ3v) is 2.33. The lowest BCUT2D eigenvalue weighted by atomic mass is 10.4. The number of epoxide rings is 1. The lowest BCUT2D eigenvalue weighted by Crippen LogP contribution is -2.05. The van der Waals surface area contributed by atoms with Crippen LogP contribution in [-0.2, 0) is 11.3 Å². The molecule has 16 heavy (non-hydrogen) atoms. The summed E-state index contributed by atoms with van der Waals surface area (Å²) in [5, 5.41) is 4.26. The van der Waals surface area contributed by atoms with Gasteiger partial charge in [0.05, 0.1) is 19.4 Å². The Balaban J connectivity index is 1.58. The van der Waals surface area contributed by atoms with Gasteiger partial charge in [0, 0.05) is 12.3 Å². The van der Waals surface area contributed by atoms with E-state index < -0.39 is 0 Å². The van der Waals surface area contributed by atoms with Crippen LogP contribution in [0, 0.1) is 0 Å². The maximum atomic E-state index is 5.44. The third-order valence-electron chi connectivity index (χ3n) is 2.33. The van der Waals surface area contributed by atoms with Gasteiger partial charge < -0.3 is 13.9 Å². The molecule has 2 aromatic rings. The molecule has 3 rings (SSSR count). The zero-order valence-electron chi connectivity index (χ0n) is 8.70. The van der Waals surface area contributed by atoms with Crippen molar-refractivity contribution >= 4 is 0 Å². The molecule has 0 N–H and O–H groups in total. The van der Waals surface area contributed by atoms with Crippen molar-refractivity contribution in [2.24, 2.45) is 0 Å². The topological polar surface area (TPSA) is 52.7 Å². The van der Waals surface area contributed by atoms with Crippen molar-refractivity contribution in [2.45, 2.75) is 12.6 Å². The number of ether oxygens (including phenoxy) is 2. The second-order valence-electron chi connectivity index (χ2n) is 3.70. The first-order valence-corrected chi connectivity index (χ1v) is 5.20. The van der Waals surface area contributed by atoms with Gasteiger partial charge in [-0.1, -0.05) is 0 Å². The van der Waals surface area contributed by atoms with Crippen LogP contribution in [0.1, 0.15) is 5.76 Å². The van der Waals surface area contributed by atoms with E-state index >= 15 is 0 Å². The third kappa shape index (κ3) is 2.25. The van der Waals surface area contributed by atoms with Gasteiger partial charge in [-0.3, -0.25) is 4.68 Å². The lowest BCUT2D eigenvalue weighted by Gasteiger charge is -1.99. The summed E-state index contributed by atoms with van der Waals surface area (Å²) in [4.78, 5) is 0. The average Bonchev–Trinajstić information content (AvgIpc) is 2.78. The zero-order chi connectivity index (χ0) is 10.8. The molecule has 0 amide bonds. The van der Waals surface area contributed by atoms with Crippen molar-refractivity contribution in [3.05, 3.63) is 36.4 Å². The van der Waals surface area contributed by atoms with Gasteiger partial charge in [0.15, 0.2) is 0 Å². The van der Waals surface area contributed by atoms with Crippen molar-refractivity contribution in [1.82, 2.24) is 9.78 Å². The summed E-state index contributed by atoms with van der Waals surface area (Å²) in [7, 11) is 0. The van der Waals surface area contributed by atoms with Crippen LogP contribution in [0.15, 0.2) is 35.1 Å². The molecule has 0 saturated carbocycles. The molecule has 3 heterocycles. The van der Waals surface area contributed by atoms with E-state index in [-0.39, 0.29) is 6.10 Å². The van der Waals surface area contributed by atoms with Crippen molar-refractivity contribution in [2.75, 3.05) is 13.2 Å². The van der Waals surface area contributed by atoms with Crippen molar-refractivity contribution in [1.29, 1.82) is 0 Å². The number of aromatic nitrogens is 2. The second-order valence-corrected chi connectivity index (χ2v) is 3.70. The average molecular weight is 220 g/mol. The molecule has 5 heteroatoms. The first-order valence-electron chi connectivity index (χ1n) is 5.20. The van der Waals surface area contributed by atoms with Gasteiger partial charge in [-0.05, 0) is 12.1 Å². The number of nitrogens with zero attached hydrogens (tertiary/aromatic N) is 2. The standard InChI is InChI=1S/C11H12N2O3/c1-2-9(14-5-1)6-13-4-3-11(12-13)16-8-10-7-15-10/h1-5,10H,6-8H2. The molecule has 2 aromatic heterocycles. The minimum Gasteiger partial charge on any atom is -0.474 e. The molecule has 0 aliphatic carbocycles. The van der Waals surface area contributed by atoms with E-state index in [0.29, 0.717) is 19.0 Å². The van der Waals surface area contributed by atoms with Crippen LogP contribution in [0.5, 0.6) is 5.88 Å². The molecule has 1 aliphatic rings. The summed E-state index contributed by atoms with van der Waals surface area (Å²) in [6.45, 7) is 2.00. The van der Waals surface area contributed by atoms with Gasteiger partial charge in [0.1, 0.15) is 18.5 Å². The maximum Gasteiger partial charge on any atom is 0.232 e. The molecule has 0 spiro atoms. The molecule has 1 atom stereocenters. The molecule has 84 valence electrons.